The van der Waals surface area contributed by atoms with Gasteiger partial charge in [-0.1, -0.05) is 0 Å². The second-order valence-electron chi connectivity index (χ2n) is 4.36. The van der Waals surface area contributed by atoms with Crippen molar-refractivity contribution in [2.24, 2.45) is 5.73 Å². The van der Waals surface area contributed by atoms with Gasteiger partial charge in [0.05, 0.1) is 10.9 Å². The van der Waals surface area contributed by atoms with Crippen molar-refractivity contribution < 1.29 is 9.59 Å². The second kappa shape index (κ2) is 6.08. The fourth-order valence-electron chi connectivity index (χ4n) is 1.76. The van der Waals surface area contributed by atoms with Crippen LogP contribution in [0.15, 0.2) is 23.1 Å². The number of carbonyl (C=O) groups excluding carboxylic acids is 2. The van der Waals surface area contributed by atoms with Crippen LogP contribution in [0.25, 0.3) is 0 Å². The van der Waals surface area contributed by atoms with Gasteiger partial charge in [0.15, 0.2) is 0 Å². The van der Waals surface area contributed by atoms with Crippen LogP contribution in [0.1, 0.15) is 23.7 Å². The van der Waals surface area contributed by atoms with Gasteiger partial charge in [-0.25, -0.2) is 0 Å². The van der Waals surface area contributed by atoms with Gasteiger partial charge in [-0.2, -0.15) is 0 Å². The van der Waals surface area contributed by atoms with Crippen molar-refractivity contribution in [1.29, 1.82) is 0 Å². The average Bonchev–Trinajstić information content (AvgIpc) is 2.40. The van der Waals surface area contributed by atoms with E-state index in [9.17, 15) is 9.59 Å². The summed E-state index contributed by atoms with van der Waals surface area (Å²) >= 11 is 1.50. The number of anilines is 1. The van der Waals surface area contributed by atoms with Crippen LogP contribution >= 0.6 is 11.8 Å². The summed E-state index contributed by atoms with van der Waals surface area (Å²) in [6.07, 6.45) is 0.751. The van der Waals surface area contributed by atoms with Gasteiger partial charge < -0.3 is 16.4 Å². The molecule has 1 aliphatic heterocycles. The van der Waals surface area contributed by atoms with E-state index in [4.69, 9.17) is 5.73 Å². The van der Waals surface area contributed by atoms with Gasteiger partial charge >= 0.3 is 0 Å². The maximum absolute atomic E-state index is 11.9. The molecule has 5 nitrogen and oxygen atoms in total. The Morgan fingerprint density at radius 3 is 3.05 bits per heavy atom. The molecule has 0 saturated heterocycles. The summed E-state index contributed by atoms with van der Waals surface area (Å²) in [6, 6.07) is 5.35. The van der Waals surface area contributed by atoms with Gasteiger partial charge in [0.2, 0.25) is 5.91 Å². The molecule has 1 unspecified atom stereocenters. The second-order valence-corrected chi connectivity index (χ2v) is 5.74. The molecule has 19 heavy (non-hydrogen) atoms. The van der Waals surface area contributed by atoms with E-state index in [0.29, 0.717) is 24.3 Å². The highest BCUT2D eigenvalue weighted by molar-refractivity contribution is 8.00. The third kappa shape index (κ3) is 3.27. The Balaban J connectivity index is 2.10. The van der Waals surface area contributed by atoms with Gasteiger partial charge in [-0.15, -0.1) is 11.8 Å². The number of amides is 2. The number of benzene rings is 1. The lowest BCUT2D eigenvalue weighted by Gasteiger charge is -2.21. The number of fused-ring (bicyclic) bond motifs is 1. The van der Waals surface area contributed by atoms with Crippen LogP contribution < -0.4 is 16.4 Å². The highest BCUT2D eigenvalue weighted by Crippen LogP contribution is 2.35. The molecule has 1 atom stereocenters. The number of rotatable bonds is 4. The van der Waals surface area contributed by atoms with Crippen LogP contribution in [0.2, 0.25) is 0 Å². The van der Waals surface area contributed by atoms with Crippen molar-refractivity contribution in [3.05, 3.63) is 23.8 Å². The predicted molar refractivity (Wildman–Crippen MR) is 76.4 cm³/mol. The maximum Gasteiger partial charge on any atom is 0.251 e. The molecule has 0 spiro atoms. The summed E-state index contributed by atoms with van der Waals surface area (Å²) in [6.45, 7) is 2.97. The Labute approximate surface area is 116 Å². The van der Waals surface area contributed by atoms with Gasteiger partial charge in [-0.3, -0.25) is 9.59 Å². The Bertz CT molecular complexity index is 505. The minimum absolute atomic E-state index is 0.0295. The molecule has 0 aliphatic carbocycles. The summed E-state index contributed by atoms with van der Waals surface area (Å²) in [5.41, 5.74) is 6.63. The summed E-state index contributed by atoms with van der Waals surface area (Å²) in [7, 11) is 0. The first kappa shape index (κ1) is 13.9. The zero-order chi connectivity index (χ0) is 13.8. The van der Waals surface area contributed by atoms with Gasteiger partial charge in [0, 0.05) is 17.0 Å². The first-order valence-corrected chi connectivity index (χ1v) is 7.09. The zero-order valence-electron chi connectivity index (χ0n) is 10.7. The molecule has 0 radical (unpaired) electrons. The molecule has 0 fully saturated rings. The molecule has 6 heteroatoms. The monoisotopic (exact) mass is 279 g/mol. The third-order valence-electron chi connectivity index (χ3n) is 2.84. The molecule has 1 aliphatic rings. The molecule has 1 heterocycles. The van der Waals surface area contributed by atoms with Gasteiger partial charge in [0.25, 0.3) is 5.91 Å². The third-order valence-corrected chi connectivity index (χ3v) is 4.02. The highest BCUT2D eigenvalue weighted by atomic mass is 32.2. The van der Waals surface area contributed by atoms with Gasteiger partial charge in [-0.05, 0) is 38.1 Å². The standard InChI is InChI=1S/C13H17N3O2S/c1-8-12(17)16-10-7-9(3-4-11(10)19-8)13(18)15-6-2-5-14/h3-4,7-8H,2,5-6,14H2,1H3,(H,15,18)(H,16,17). The largest absolute Gasteiger partial charge is 0.352 e. The highest BCUT2D eigenvalue weighted by Gasteiger charge is 2.23. The first-order valence-electron chi connectivity index (χ1n) is 6.21. The lowest BCUT2D eigenvalue weighted by Crippen LogP contribution is -2.28. The van der Waals surface area contributed by atoms with Crippen molar-refractivity contribution in [2.75, 3.05) is 18.4 Å². The molecule has 0 aromatic heterocycles. The Hall–Kier alpha value is -1.53. The first-order chi connectivity index (χ1) is 9.11. The molecule has 2 rings (SSSR count). The van der Waals surface area contributed by atoms with Crippen molar-refractivity contribution >= 4 is 29.3 Å². The van der Waals surface area contributed by atoms with Gasteiger partial charge in [0.1, 0.15) is 0 Å². The molecule has 2 amide bonds. The van der Waals surface area contributed by atoms with Crippen molar-refractivity contribution in [2.45, 2.75) is 23.5 Å². The van der Waals surface area contributed by atoms with Crippen LogP contribution in [-0.4, -0.2) is 30.2 Å². The minimum Gasteiger partial charge on any atom is -0.352 e. The van der Waals surface area contributed by atoms with Crippen molar-refractivity contribution in [3.63, 3.8) is 0 Å². The topological polar surface area (TPSA) is 84.2 Å². The number of hydrogen-bond donors (Lipinski definition) is 3. The summed E-state index contributed by atoms with van der Waals surface area (Å²) in [5.74, 6) is -0.174. The zero-order valence-corrected chi connectivity index (χ0v) is 11.5. The van der Waals surface area contributed by atoms with Crippen LogP contribution in [0.5, 0.6) is 0 Å². The lowest BCUT2D eigenvalue weighted by molar-refractivity contribution is -0.115. The SMILES string of the molecule is CC1Sc2ccc(C(=O)NCCCN)cc2NC1=O. The molecular weight excluding hydrogens is 262 g/mol. The van der Waals surface area contributed by atoms with E-state index in [1.54, 1.807) is 12.1 Å². The fourth-order valence-corrected chi connectivity index (χ4v) is 2.69. The number of carbonyl (C=O) groups is 2. The minimum atomic E-state index is -0.144. The number of hydrogen-bond acceptors (Lipinski definition) is 4. The smallest absolute Gasteiger partial charge is 0.251 e. The van der Waals surface area contributed by atoms with Crippen LogP contribution in [0.3, 0.4) is 0 Å². The molecule has 0 bridgehead atoms. The average molecular weight is 279 g/mol. The van der Waals surface area contributed by atoms with E-state index in [-0.39, 0.29) is 17.1 Å². The van der Waals surface area contributed by atoms with E-state index >= 15 is 0 Å². The van der Waals surface area contributed by atoms with Crippen molar-refractivity contribution in [3.8, 4) is 0 Å². The Morgan fingerprint density at radius 2 is 2.32 bits per heavy atom. The lowest BCUT2D eigenvalue weighted by atomic mass is 10.1. The summed E-state index contributed by atoms with van der Waals surface area (Å²) in [4.78, 5) is 24.5. The molecule has 102 valence electrons. The van der Waals surface area contributed by atoms with E-state index in [2.05, 4.69) is 10.6 Å². The summed E-state index contributed by atoms with van der Waals surface area (Å²) < 4.78 is 0. The Morgan fingerprint density at radius 1 is 1.53 bits per heavy atom. The van der Waals surface area contributed by atoms with Crippen LogP contribution in [0.4, 0.5) is 5.69 Å². The van der Waals surface area contributed by atoms with E-state index in [1.807, 2.05) is 13.0 Å². The molecular formula is C13H17N3O2S. The predicted octanol–water partition coefficient (Wildman–Crippen LogP) is 1.20. The molecule has 1 aromatic carbocycles. The van der Waals surface area contributed by atoms with E-state index < -0.39 is 0 Å². The number of thioether (sulfide) groups is 1. The van der Waals surface area contributed by atoms with E-state index in [1.165, 1.54) is 11.8 Å². The molecule has 4 N–H and O–H groups in total. The molecule has 0 saturated carbocycles. The quantitative estimate of drug-likeness (QED) is 0.723. The number of nitrogens with two attached hydrogens (primary N) is 1. The maximum atomic E-state index is 11.9. The fraction of sp³-hybridized carbons (Fsp3) is 0.385. The van der Waals surface area contributed by atoms with Crippen LogP contribution in [0, 0.1) is 0 Å². The summed E-state index contributed by atoms with van der Waals surface area (Å²) in [5, 5.41) is 5.50. The Kier molecular flexibility index (Phi) is 4.44. The molecule has 1 aromatic rings. The normalized spacial score (nSPS) is 17.6. The van der Waals surface area contributed by atoms with E-state index in [0.717, 1.165) is 11.3 Å². The van der Waals surface area contributed by atoms with Crippen LogP contribution in [-0.2, 0) is 4.79 Å². The number of nitrogens with one attached hydrogen (secondary N) is 2. The van der Waals surface area contributed by atoms with Crippen molar-refractivity contribution in [1.82, 2.24) is 5.32 Å².